The summed E-state index contributed by atoms with van der Waals surface area (Å²) in [6.07, 6.45) is 0. The second kappa shape index (κ2) is 4.32. The lowest BCUT2D eigenvalue weighted by atomic mass is 10.3. The van der Waals surface area contributed by atoms with Gasteiger partial charge in [-0.2, -0.15) is 0 Å². The van der Waals surface area contributed by atoms with Gasteiger partial charge in [0.15, 0.2) is 0 Å². The summed E-state index contributed by atoms with van der Waals surface area (Å²) in [6.45, 7) is 0.794. The van der Waals surface area contributed by atoms with Crippen LogP contribution < -0.4 is 0 Å². The highest BCUT2D eigenvalue weighted by atomic mass is 32.2. The first kappa shape index (κ1) is 9.33. The van der Waals surface area contributed by atoms with Gasteiger partial charge in [-0.15, -0.1) is 10.2 Å². The molecule has 2 rings (SSSR count). The summed E-state index contributed by atoms with van der Waals surface area (Å²) in [6, 6.07) is 6.02. The van der Waals surface area contributed by atoms with Crippen molar-refractivity contribution in [3.05, 3.63) is 30.1 Å². The van der Waals surface area contributed by atoms with Gasteiger partial charge in [0, 0.05) is 11.8 Å². The van der Waals surface area contributed by atoms with Crippen LogP contribution in [0.1, 0.15) is 0 Å². The molecule has 1 aromatic carbocycles. The lowest BCUT2D eigenvalue weighted by Crippen LogP contribution is -1.77. The first-order valence-corrected chi connectivity index (χ1v) is 5.18. The maximum absolute atomic E-state index is 12.7. The van der Waals surface area contributed by atoms with Gasteiger partial charge in [-0.25, -0.2) is 4.39 Å². The molecular weight excluding hydrogens is 201 g/mol. The monoisotopic (exact) mass is 209 g/mol. The van der Waals surface area contributed by atoms with Crippen molar-refractivity contribution in [2.45, 2.75) is 0 Å². The summed E-state index contributed by atoms with van der Waals surface area (Å²) >= 11 is 1.56. The molecule has 0 amide bonds. The van der Waals surface area contributed by atoms with Crippen LogP contribution in [0.15, 0.2) is 39.5 Å². The van der Waals surface area contributed by atoms with E-state index < -0.39 is 0 Å². The third kappa shape index (κ3) is 2.38. The molecule has 5 heteroatoms. The quantitative estimate of drug-likeness (QED) is 0.655. The fraction of sp³-hybridized carbons (Fsp3) is 0.222. The van der Waals surface area contributed by atoms with Crippen LogP contribution in [0, 0.1) is 5.82 Å². The number of amidine groups is 1. The Hall–Kier alpha value is -1.23. The Morgan fingerprint density at radius 2 is 2.29 bits per heavy atom. The fourth-order valence-electron chi connectivity index (χ4n) is 1.02. The largest absolute Gasteiger partial charge is 0.258 e. The Kier molecular flexibility index (Phi) is 2.88. The van der Waals surface area contributed by atoms with E-state index in [0.717, 1.165) is 12.3 Å². The summed E-state index contributed by atoms with van der Waals surface area (Å²) in [4.78, 5) is 4.10. The Bertz CT molecular complexity index is 389. The van der Waals surface area contributed by atoms with Crippen LogP contribution in [0.3, 0.4) is 0 Å². The number of azo groups is 1. The van der Waals surface area contributed by atoms with Crippen LogP contribution >= 0.6 is 11.8 Å². The first-order valence-electron chi connectivity index (χ1n) is 4.19. The molecule has 0 fully saturated rings. The van der Waals surface area contributed by atoms with Crippen LogP contribution in [0.5, 0.6) is 0 Å². The van der Waals surface area contributed by atoms with Gasteiger partial charge in [0.25, 0.3) is 0 Å². The zero-order valence-corrected chi connectivity index (χ0v) is 8.17. The maximum atomic E-state index is 12.7. The molecule has 0 unspecified atom stereocenters. The van der Waals surface area contributed by atoms with Crippen LogP contribution in [0.4, 0.5) is 10.1 Å². The van der Waals surface area contributed by atoms with Gasteiger partial charge in [0.1, 0.15) is 5.82 Å². The molecular formula is C9H8FN3S. The third-order valence-corrected chi connectivity index (χ3v) is 2.48. The number of rotatable bonds is 1. The molecule has 0 N–H and O–H groups in total. The highest BCUT2D eigenvalue weighted by molar-refractivity contribution is 8.14. The molecule has 1 heterocycles. The molecule has 0 saturated heterocycles. The Labute approximate surface area is 85.2 Å². The zero-order chi connectivity index (χ0) is 9.80. The molecule has 0 spiro atoms. The van der Waals surface area contributed by atoms with Crippen molar-refractivity contribution in [2.24, 2.45) is 15.2 Å². The number of thioether (sulfide) groups is 1. The smallest absolute Gasteiger partial charge is 0.204 e. The van der Waals surface area contributed by atoms with E-state index in [9.17, 15) is 4.39 Å². The number of hydrogen-bond donors (Lipinski definition) is 0. The summed E-state index contributed by atoms with van der Waals surface area (Å²) in [7, 11) is 0. The SMILES string of the molecule is Fc1cccc(N=NC2=NCCS2)c1. The Morgan fingerprint density at radius 1 is 1.36 bits per heavy atom. The minimum Gasteiger partial charge on any atom is -0.258 e. The number of hydrogen-bond acceptors (Lipinski definition) is 4. The summed E-state index contributed by atoms with van der Waals surface area (Å²) in [5, 5.41) is 8.46. The lowest BCUT2D eigenvalue weighted by molar-refractivity contribution is 0.628. The van der Waals surface area contributed by atoms with Gasteiger partial charge in [-0.05, 0) is 12.1 Å². The zero-order valence-electron chi connectivity index (χ0n) is 7.35. The fourth-order valence-corrected chi connectivity index (χ4v) is 1.67. The normalized spacial score (nSPS) is 16.2. The van der Waals surface area contributed by atoms with Crippen LogP contribution in [-0.2, 0) is 0 Å². The Balaban J connectivity index is 2.09. The summed E-state index contributed by atoms with van der Waals surface area (Å²) < 4.78 is 12.7. The third-order valence-electron chi connectivity index (χ3n) is 1.63. The molecule has 0 aromatic heterocycles. The van der Waals surface area contributed by atoms with E-state index in [-0.39, 0.29) is 5.82 Å². The minimum absolute atomic E-state index is 0.303. The molecule has 0 atom stereocenters. The van der Waals surface area contributed by atoms with E-state index in [1.807, 2.05) is 0 Å². The van der Waals surface area contributed by atoms with Crippen LogP contribution in [0.25, 0.3) is 0 Å². The number of benzene rings is 1. The number of halogens is 1. The Morgan fingerprint density at radius 3 is 3.00 bits per heavy atom. The van der Waals surface area contributed by atoms with Gasteiger partial charge in [0.05, 0.1) is 12.2 Å². The minimum atomic E-state index is -0.303. The molecule has 1 aliphatic rings. The highest BCUT2D eigenvalue weighted by Crippen LogP contribution is 2.17. The van der Waals surface area contributed by atoms with E-state index in [0.29, 0.717) is 10.9 Å². The molecule has 0 saturated carbocycles. The average molecular weight is 209 g/mol. The number of nitrogens with zero attached hydrogens (tertiary/aromatic N) is 3. The maximum Gasteiger partial charge on any atom is 0.204 e. The van der Waals surface area contributed by atoms with E-state index >= 15 is 0 Å². The summed E-state index contributed by atoms with van der Waals surface area (Å²) in [5.74, 6) is 0.653. The van der Waals surface area contributed by atoms with Crippen molar-refractivity contribution in [1.29, 1.82) is 0 Å². The molecule has 1 aromatic rings. The van der Waals surface area contributed by atoms with Crippen LogP contribution in [0.2, 0.25) is 0 Å². The predicted molar refractivity (Wildman–Crippen MR) is 55.7 cm³/mol. The van der Waals surface area contributed by atoms with Gasteiger partial charge in [-0.1, -0.05) is 17.8 Å². The van der Waals surface area contributed by atoms with Crippen molar-refractivity contribution < 1.29 is 4.39 Å². The highest BCUT2D eigenvalue weighted by Gasteiger charge is 2.04. The van der Waals surface area contributed by atoms with Crippen LogP contribution in [-0.4, -0.2) is 17.5 Å². The van der Waals surface area contributed by atoms with Gasteiger partial charge >= 0.3 is 0 Å². The van der Waals surface area contributed by atoms with Gasteiger partial charge < -0.3 is 0 Å². The van der Waals surface area contributed by atoms with Gasteiger partial charge in [0.2, 0.25) is 5.17 Å². The molecule has 0 aliphatic carbocycles. The van der Waals surface area contributed by atoms with Gasteiger partial charge in [-0.3, -0.25) is 4.99 Å². The molecule has 0 bridgehead atoms. The van der Waals surface area contributed by atoms with Crippen molar-refractivity contribution in [2.75, 3.05) is 12.3 Å². The lowest BCUT2D eigenvalue weighted by Gasteiger charge is -1.91. The van der Waals surface area contributed by atoms with Crippen molar-refractivity contribution in [1.82, 2.24) is 0 Å². The van der Waals surface area contributed by atoms with Crippen molar-refractivity contribution in [3.63, 3.8) is 0 Å². The molecule has 1 aliphatic heterocycles. The summed E-state index contributed by atoms with van der Waals surface area (Å²) in [5.41, 5.74) is 0.514. The topological polar surface area (TPSA) is 37.1 Å². The second-order valence-electron chi connectivity index (χ2n) is 2.69. The second-order valence-corrected chi connectivity index (χ2v) is 3.75. The molecule has 14 heavy (non-hydrogen) atoms. The molecule has 3 nitrogen and oxygen atoms in total. The van der Waals surface area contributed by atoms with Crippen molar-refractivity contribution >= 4 is 22.6 Å². The molecule has 0 radical (unpaired) electrons. The number of aliphatic imine (C=N–C) groups is 1. The average Bonchev–Trinajstić information content (AvgIpc) is 2.67. The van der Waals surface area contributed by atoms with Crippen molar-refractivity contribution in [3.8, 4) is 0 Å². The van der Waals surface area contributed by atoms with E-state index in [4.69, 9.17) is 0 Å². The predicted octanol–water partition coefficient (Wildman–Crippen LogP) is 3.01. The van der Waals surface area contributed by atoms with E-state index in [1.54, 1.807) is 23.9 Å². The van der Waals surface area contributed by atoms with E-state index in [1.165, 1.54) is 12.1 Å². The molecule has 72 valence electrons. The standard InChI is InChI=1S/C9H8FN3S/c10-7-2-1-3-8(6-7)12-13-9-11-4-5-14-9/h1-3,6H,4-5H2. The van der Waals surface area contributed by atoms with E-state index in [2.05, 4.69) is 15.2 Å². The first-order chi connectivity index (χ1) is 6.84.